The molecule has 8 nitrogen and oxygen atoms in total. The number of aromatic nitrogens is 1. The van der Waals surface area contributed by atoms with Gasteiger partial charge in [0.05, 0.1) is 27.9 Å². The van der Waals surface area contributed by atoms with E-state index in [9.17, 15) is 32.3 Å². The van der Waals surface area contributed by atoms with Crippen molar-refractivity contribution >= 4 is 68.1 Å². The Hall–Kier alpha value is -3.88. The lowest BCUT2D eigenvalue weighted by Gasteiger charge is -2.31. The maximum atomic E-state index is 14.0. The first kappa shape index (κ1) is 30.2. The summed E-state index contributed by atoms with van der Waals surface area (Å²) in [6, 6.07) is 16.5. The molecule has 0 aliphatic carbocycles. The van der Waals surface area contributed by atoms with Gasteiger partial charge in [-0.15, -0.1) is 0 Å². The third kappa shape index (κ3) is 5.57. The molecule has 14 heteroatoms. The fourth-order valence-corrected chi connectivity index (χ4v) is 8.25. The second kappa shape index (κ2) is 11.6. The van der Waals surface area contributed by atoms with Crippen LogP contribution < -0.4 is 19.8 Å². The fourth-order valence-electron chi connectivity index (χ4n) is 5.36. The topological polar surface area (TPSA) is 109 Å². The maximum absolute atomic E-state index is 14.0. The van der Waals surface area contributed by atoms with Crippen LogP contribution in [0.2, 0.25) is 0 Å². The highest BCUT2D eigenvalue weighted by Gasteiger charge is 2.56. The quantitative estimate of drug-likeness (QED) is 0.227. The predicted octanol–water partition coefficient (Wildman–Crippen LogP) is 6.34. The number of ether oxygens (including phenoxy) is 1. The number of nitrogens with one attached hydrogen (secondary N) is 2. The van der Waals surface area contributed by atoms with Crippen LogP contribution in [0.3, 0.4) is 0 Å². The molecule has 0 radical (unpaired) electrons. The van der Waals surface area contributed by atoms with Gasteiger partial charge in [-0.05, 0) is 49.4 Å². The van der Waals surface area contributed by atoms with Gasteiger partial charge in [-0.2, -0.15) is 13.2 Å². The number of hydrogen-bond acceptors (Lipinski definition) is 7. The molecular weight excluding hydrogens is 683 g/mol. The number of halogens is 4. The maximum Gasteiger partial charge on any atom is 0.418 e. The molecule has 1 fully saturated rings. The second-order valence-corrected chi connectivity index (χ2v) is 13.2. The normalized spacial score (nSPS) is 19.5. The minimum Gasteiger partial charge on any atom is -0.483 e. The van der Waals surface area contributed by atoms with Crippen molar-refractivity contribution in [3.8, 4) is 5.75 Å². The Morgan fingerprint density at radius 2 is 1.77 bits per heavy atom. The lowest BCUT2D eigenvalue weighted by atomic mass is 9.82. The molecule has 3 atom stereocenters. The molecule has 3 aromatic carbocycles. The molecule has 6 rings (SSSR count). The summed E-state index contributed by atoms with van der Waals surface area (Å²) in [5, 5.41) is 1.87. The van der Waals surface area contributed by atoms with Crippen LogP contribution in [0, 0.1) is 12.8 Å². The number of thioether (sulfide) groups is 1. The van der Waals surface area contributed by atoms with Crippen molar-refractivity contribution in [1.29, 1.82) is 0 Å². The van der Waals surface area contributed by atoms with Crippen molar-refractivity contribution in [2.24, 2.45) is 5.92 Å². The fraction of sp³-hybridized carbons (Fsp3) is 0.200. The molecule has 226 valence electrons. The largest absolute Gasteiger partial charge is 0.483 e. The summed E-state index contributed by atoms with van der Waals surface area (Å²) >= 11 is 5.48. The monoisotopic (exact) mass is 703 g/mol. The minimum atomic E-state index is -4.67. The zero-order valence-electron chi connectivity index (χ0n) is 22.6. The van der Waals surface area contributed by atoms with E-state index in [0.29, 0.717) is 25.6 Å². The number of H-pyrrole nitrogens is 1. The van der Waals surface area contributed by atoms with Crippen molar-refractivity contribution in [1.82, 2.24) is 4.98 Å². The summed E-state index contributed by atoms with van der Waals surface area (Å²) in [5.74, 6) is -3.23. The Balaban J connectivity index is 1.34. The number of aryl methyl sites for hydroxylation is 1. The summed E-state index contributed by atoms with van der Waals surface area (Å²) in [5.41, 5.74) is 0.407. The molecule has 0 unspecified atom stereocenters. The molecule has 4 aromatic rings. The number of imide groups is 1. The third-order valence-electron chi connectivity index (χ3n) is 7.29. The van der Waals surface area contributed by atoms with Crippen molar-refractivity contribution in [2.45, 2.75) is 29.3 Å². The summed E-state index contributed by atoms with van der Waals surface area (Å²) in [7, 11) is 0. The van der Waals surface area contributed by atoms with E-state index >= 15 is 0 Å². The molecule has 0 bridgehead atoms. The van der Waals surface area contributed by atoms with Gasteiger partial charge in [0.1, 0.15) is 11.0 Å². The molecule has 1 aromatic heterocycles. The number of fused-ring (bicyclic) bond motifs is 2. The van der Waals surface area contributed by atoms with Gasteiger partial charge in [-0.1, -0.05) is 68.9 Å². The van der Waals surface area contributed by atoms with Crippen LogP contribution in [0.25, 0.3) is 0 Å². The Morgan fingerprint density at radius 1 is 1.05 bits per heavy atom. The van der Waals surface area contributed by atoms with E-state index in [-0.39, 0.29) is 10.6 Å². The number of nitrogens with zero attached hydrogens (tertiary/aromatic N) is 1. The lowest BCUT2D eigenvalue weighted by Crippen LogP contribution is -2.32. The van der Waals surface area contributed by atoms with Crippen molar-refractivity contribution in [3.63, 3.8) is 0 Å². The number of thiazole rings is 1. The molecule has 2 aliphatic rings. The standard InChI is InChI=1S/C30H21BrF3N3O5S2/c1-14-6-9-16(10-7-14)37-27(39)23-22(24-26(36-29(41)44-24)43-25(23)28(37)40)17-12-15(31)8-11-20(17)42-13-21(38)35-19-5-3-2-4-18(19)30(32,33)34/h2-12,22-23,25H,13H2,1H3,(H,35,38)(H,36,41)/t22-,23-,25+/m0/s1. The van der Waals surface area contributed by atoms with E-state index in [1.165, 1.54) is 12.1 Å². The zero-order valence-corrected chi connectivity index (χ0v) is 25.8. The number of amides is 3. The van der Waals surface area contributed by atoms with Crippen LogP contribution in [-0.2, 0) is 20.6 Å². The van der Waals surface area contributed by atoms with Gasteiger partial charge in [0.25, 0.3) is 5.91 Å². The van der Waals surface area contributed by atoms with Gasteiger partial charge in [0.2, 0.25) is 11.8 Å². The summed E-state index contributed by atoms with van der Waals surface area (Å²) in [6.07, 6.45) is -4.67. The first-order valence-corrected chi connectivity index (χ1v) is 15.6. The summed E-state index contributed by atoms with van der Waals surface area (Å²) < 4.78 is 46.7. The van der Waals surface area contributed by atoms with E-state index in [1.807, 2.05) is 6.92 Å². The molecule has 44 heavy (non-hydrogen) atoms. The second-order valence-electron chi connectivity index (χ2n) is 10.2. The van der Waals surface area contributed by atoms with Crippen LogP contribution in [-0.4, -0.2) is 34.6 Å². The number of alkyl halides is 3. The highest BCUT2D eigenvalue weighted by Crippen LogP contribution is 2.54. The highest BCUT2D eigenvalue weighted by molar-refractivity contribution is 9.10. The van der Waals surface area contributed by atoms with Gasteiger partial charge < -0.3 is 15.0 Å². The Labute approximate surface area is 264 Å². The third-order valence-corrected chi connectivity index (χ3v) is 10.2. The summed E-state index contributed by atoms with van der Waals surface area (Å²) in [4.78, 5) is 57.0. The Kier molecular flexibility index (Phi) is 7.92. The summed E-state index contributed by atoms with van der Waals surface area (Å²) in [6.45, 7) is 1.25. The smallest absolute Gasteiger partial charge is 0.418 e. The number of aromatic amines is 1. The zero-order chi connectivity index (χ0) is 31.3. The number of hydrogen-bond donors (Lipinski definition) is 2. The lowest BCUT2D eigenvalue weighted by molar-refractivity contribution is -0.137. The molecule has 0 spiro atoms. The molecule has 3 heterocycles. The van der Waals surface area contributed by atoms with E-state index in [4.69, 9.17) is 4.74 Å². The average molecular weight is 705 g/mol. The number of carbonyl (C=O) groups excluding carboxylic acids is 3. The van der Waals surface area contributed by atoms with E-state index < -0.39 is 58.8 Å². The first-order valence-electron chi connectivity index (χ1n) is 13.1. The number of anilines is 2. The van der Waals surface area contributed by atoms with Crippen LogP contribution in [0.1, 0.15) is 27.5 Å². The van der Waals surface area contributed by atoms with Crippen LogP contribution in [0.15, 0.2) is 81.0 Å². The van der Waals surface area contributed by atoms with E-state index in [0.717, 1.165) is 45.7 Å². The first-order chi connectivity index (χ1) is 20.9. The molecule has 3 amide bonds. The van der Waals surface area contributed by atoms with Gasteiger partial charge in [-0.3, -0.25) is 19.2 Å². The molecule has 1 saturated heterocycles. The van der Waals surface area contributed by atoms with Crippen LogP contribution in [0.5, 0.6) is 5.75 Å². The van der Waals surface area contributed by atoms with E-state index in [1.54, 1.807) is 42.5 Å². The number of benzene rings is 3. The predicted molar refractivity (Wildman–Crippen MR) is 163 cm³/mol. The SMILES string of the molecule is Cc1ccc(N2C(=O)[C@H]3[C@H](c4cc(Br)ccc4OCC(=O)Nc4ccccc4C(F)(F)F)c4sc(=O)[nH]c4S[C@H]3C2=O)cc1. The van der Waals surface area contributed by atoms with Gasteiger partial charge in [0, 0.05) is 20.8 Å². The Bertz CT molecular complexity index is 1860. The van der Waals surface area contributed by atoms with Gasteiger partial charge in [-0.25, -0.2) is 4.90 Å². The molecule has 0 saturated carbocycles. The molecular formula is C30H21BrF3N3O5S2. The Morgan fingerprint density at radius 3 is 2.50 bits per heavy atom. The van der Waals surface area contributed by atoms with Crippen molar-refractivity contribution in [3.05, 3.63) is 102 Å². The average Bonchev–Trinajstić information content (AvgIpc) is 3.46. The number of carbonyl (C=O) groups is 3. The number of rotatable bonds is 6. The number of para-hydroxylation sites is 1. The molecule has 2 N–H and O–H groups in total. The van der Waals surface area contributed by atoms with Crippen molar-refractivity contribution < 1.29 is 32.3 Å². The van der Waals surface area contributed by atoms with Crippen LogP contribution in [0.4, 0.5) is 24.5 Å². The van der Waals surface area contributed by atoms with E-state index in [2.05, 4.69) is 26.2 Å². The molecule has 2 aliphatic heterocycles. The van der Waals surface area contributed by atoms with Gasteiger partial charge in [0.15, 0.2) is 6.61 Å². The minimum absolute atomic E-state index is 0.170. The van der Waals surface area contributed by atoms with Crippen molar-refractivity contribution in [2.75, 3.05) is 16.8 Å². The van der Waals surface area contributed by atoms with Crippen LogP contribution >= 0.6 is 39.0 Å². The highest BCUT2D eigenvalue weighted by atomic mass is 79.9. The van der Waals surface area contributed by atoms with Gasteiger partial charge >= 0.3 is 11.0 Å².